The molecule has 2 aliphatic heterocycles. The predicted octanol–water partition coefficient (Wildman–Crippen LogP) is -0.735. The average Bonchev–Trinajstić information content (AvgIpc) is 2.93. The van der Waals surface area contributed by atoms with Crippen LogP contribution in [0.3, 0.4) is 0 Å². The summed E-state index contributed by atoms with van der Waals surface area (Å²) in [6.07, 6.45) is 1.54. The monoisotopic (exact) mass is 287 g/mol. The lowest BCUT2D eigenvalue weighted by Gasteiger charge is -2.23. The molecule has 0 radical (unpaired) electrons. The molecule has 2 fully saturated rings. The van der Waals surface area contributed by atoms with Gasteiger partial charge in [0.1, 0.15) is 5.76 Å². The van der Waals surface area contributed by atoms with Crippen molar-refractivity contribution in [3.05, 3.63) is 24.2 Å². The summed E-state index contributed by atoms with van der Waals surface area (Å²) in [6.45, 7) is 0.529. The number of amidine groups is 1. The molecule has 0 amide bonds. The highest BCUT2D eigenvalue weighted by Gasteiger charge is 2.97. The molecule has 7 heteroatoms. The number of nitrogens with zero attached hydrogens (tertiary/aromatic N) is 2. The Bertz CT molecular complexity index is 695. The van der Waals surface area contributed by atoms with Gasteiger partial charge in [-0.1, -0.05) is 11.8 Å². The fraction of sp³-hybridized carbons (Fsp3) is 0.462. The van der Waals surface area contributed by atoms with Gasteiger partial charge in [0.15, 0.2) is 10.8 Å². The first kappa shape index (κ1) is 11.8. The molecule has 1 saturated carbocycles. The van der Waals surface area contributed by atoms with Gasteiger partial charge >= 0.3 is 0 Å². The van der Waals surface area contributed by atoms with Gasteiger partial charge in [0, 0.05) is 5.75 Å². The molecule has 3 N–H and O–H groups in total. The van der Waals surface area contributed by atoms with Crippen LogP contribution in [0.5, 0.6) is 0 Å². The highest BCUT2D eigenvalue weighted by molar-refractivity contribution is 8.00. The van der Waals surface area contributed by atoms with Crippen LogP contribution in [0.25, 0.3) is 0 Å². The third kappa shape index (κ3) is 0.913. The van der Waals surface area contributed by atoms with Gasteiger partial charge in [0.05, 0.1) is 30.9 Å². The maximum absolute atomic E-state index is 9.83. The molecule has 3 heterocycles. The largest absolute Gasteiger partial charge is 0.469 e. The van der Waals surface area contributed by atoms with Crippen molar-refractivity contribution in [1.29, 1.82) is 10.5 Å². The Morgan fingerprint density at radius 3 is 2.85 bits per heavy atom. The van der Waals surface area contributed by atoms with Crippen LogP contribution in [0.4, 0.5) is 0 Å². The molecule has 20 heavy (non-hydrogen) atoms. The topological polar surface area (TPSA) is 110 Å². The van der Waals surface area contributed by atoms with Crippen molar-refractivity contribution in [3.63, 3.8) is 0 Å². The maximum Gasteiger partial charge on any atom is 0.277 e. The lowest BCUT2D eigenvalue weighted by atomic mass is 9.95. The van der Waals surface area contributed by atoms with E-state index >= 15 is 0 Å². The zero-order valence-electron chi connectivity index (χ0n) is 10.4. The van der Waals surface area contributed by atoms with E-state index in [1.807, 2.05) is 0 Å². The van der Waals surface area contributed by atoms with Crippen molar-refractivity contribution in [3.8, 4) is 12.1 Å². The van der Waals surface area contributed by atoms with Crippen molar-refractivity contribution in [1.82, 2.24) is 0 Å². The molecule has 0 aromatic carbocycles. The first-order chi connectivity index (χ1) is 9.68. The minimum Gasteiger partial charge on any atom is -0.469 e. The Labute approximate surface area is 119 Å². The van der Waals surface area contributed by atoms with Crippen LogP contribution < -0.4 is 10.7 Å². The Balaban J connectivity index is 1.96. The van der Waals surface area contributed by atoms with Crippen LogP contribution in [0.1, 0.15) is 11.7 Å². The molecule has 1 saturated heterocycles. The van der Waals surface area contributed by atoms with Crippen LogP contribution in [0.2, 0.25) is 0 Å². The summed E-state index contributed by atoms with van der Waals surface area (Å²) >= 11 is 1.49. The molecular weight excluding hydrogens is 276 g/mol. The van der Waals surface area contributed by atoms with Crippen LogP contribution in [-0.2, 0) is 4.74 Å². The summed E-state index contributed by atoms with van der Waals surface area (Å²) < 4.78 is 11.2. The van der Waals surface area contributed by atoms with Crippen LogP contribution >= 0.6 is 11.8 Å². The SMILES string of the molecule is N#C[C@@]12[C@@H](c3ccco3)[C@]1(C#N)C(N)=[NH+][C@@]21OCCS1. The number of fused-ring (bicyclic) bond motifs is 2. The second-order valence-corrected chi connectivity index (χ2v) is 6.41. The number of ether oxygens (including phenoxy) is 1. The average molecular weight is 287 g/mol. The molecule has 0 bridgehead atoms. The number of furan rings is 1. The molecule has 100 valence electrons. The van der Waals surface area contributed by atoms with E-state index in [-0.39, 0.29) is 0 Å². The van der Waals surface area contributed by atoms with Crippen molar-refractivity contribution in [2.45, 2.75) is 11.0 Å². The fourth-order valence-corrected chi connectivity index (χ4v) is 5.06. The first-order valence-electron chi connectivity index (χ1n) is 6.23. The first-order valence-corrected chi connectivity index (χ1v) is 7.22. The Kier molecular flexibility index (Phi) is 2.00. The summed E-state index contributed by atoms with van der Waals surface area (Å²) in [5, 5.41) is 18.6. The van der Waals surface area contributed by atoms with Crippen molar-refractivity contribution >= 4 is 17.6 Å². The van der Waals surface area contributed by atoms with Crippen LogP contribution in [0.15, 0.2) is 22.8 Å². The summed E-state index contributed by atoms with van der Waals surface area (Å²) in [7, 11) is 0. The van der Waals surface area contributed by atoms with Crippen LogP contribution in [0, 0.1) is 33.5 Å². The Morgan fingerprint density at radius 1 is 1.45 bits per heavy atom. The van der Waals surface area contributed by atoms with E-state index in [0.29, 0.717) is 18.2 Å². The predicted molar refractivity (Wildman–Crippen MR) is 68.8 cm³/mol. The normalized spacial score (nSPS) is 44.7. The number of nitriles is 2. The van der Waals surface area contributed by atoms with Crippen molar-refractivity contribution in [2.75, 3.05) is 12.4 Å². The molecule has 6 nitrogen and oxygen atoms in total. The lowest BCUT2D eigenvalue weighted by Crippen LogP contribution is -2.88. The molecule has 4 rings (SSSR count). The van der Waals surface area contributed by atoms with E-state index in [9.17, 15) is 10.5 Å². The van der Waals surface area contributed by atoms with Gasteiger partial charge in [0.25, 0.3) is 10.9 Å². The van der Waals surface area contributed by atoms with Gasteiger partial charge in [-0.05, 0) is 12.1 Å². The highest BCUT2D eigenvalue weighted by atomic mass is 32.2. The van der Waals surface area contributed by atoms with Crippen molar-refractivity contribution < 1.29 is 14.1 Å². The van der Waals surface area contributed by atoms with Gasteiger partial charge in [-0.25, -0.2) is 4.99 Å². The number of hydrogen-bond acceptors (Lipinski definition) is 6. The molecule has 1 aromatic heterocycles. The summed E-state index contributed by atoms with van der Waals surface area (Å²) in [4.78, 5) is 3.05. The zero-order valence-corrected chi connectivity index (χ0v) is 11.2. The smallest absolute Gasteiger partial charge is 0.277 e. The van der Waals surface area contributed by atoms with E-state index in [0.717, 1.165) is 5.75 Å². The Hall–Kier alpha value is -1.96. The van der Waals surface area contributed by atoms with E-state index in [2.05, 4.69) is 17.1 Å². The molecule has 1 aromatic rings. The minimum absolute atomic E-state index is 0.303. The van der Waals surface area contributed by atoms with Crippen molar-refractivity contribution in [2.24, 2.45) is 16.6 Å². The standard InChI is InChI=1S/C13H10N4O2S/c14-6-11-9(8-2-1-3-18-8)12(11,7-15)13(17-10(11)16)19-4-5-20-13/h1-3,9H,4-5H2,(H2,16,17)/p+1/t9-,11+,12+,13+/m0/s1. The molecular formula is C13H11N4O2S+. The number of hydrogen-bond donors (Lipinski definition) is 2. The zero-order chi connectivity index (χ0) is 14.0. The molecule has 3 aliphatic rings. The second kappa shape index (κ2) is 3.38. The van der Waals surface area contributed by atoms with Gasteiger partial charge in [-0.2, -0.15) is 10.5 Å². The molecule has 1 aliphatic carbocycles. The quantitative estimate of drug-likeness (QED) is 0.704. The fourth-order valence-electron chi connectivity index (χ4n) is 3.70. The second-order valence-electron chi connectivity index (χ2n) is 5.14. The maximum atomic E-state index is 9.83. The van der Waals surface area contributed by atoms with E-state index in [1.54, 1.807) is 18.4 Å². The van der Waals surface area contributed by atoms with Gasteiger partial charge < -0.3 is 9.15 Å². The summed E-state index contributed by atoms with van der Waals surface area (Å²) in [6, 6.07) is 8.09. The highest BCUT2D eigenvalue weighted by Crippen LogP contribution is 2.80. The summed E-state index contributed by atoms with van der Waals surface area (Å²) in [5.41, 5.74) is 3.94. The number of nitrogens with two attached hydrogens (primary N) is 1. The van der Waals surface area contributed by atoms with Gasteiger partial charge in [0.2, 0.25) is 0 Å². The number of rotatable bonds is 1. The minimum atomic E-state index is -1.09. The van der Waals surface area contributed by atoms with Gasteiger partial charge in [-0.15, -0.1) is 0 Å². The Morgan fingerprint density at radius 2 is 2.30 bits per heavy atom. The molecule has 1 spiro atoms. The molecule has 0 unspecified atom stereocenters. The number of nitrogens with one attached hydrogen (secondary N) is 1. The van der Waals surface area contributed by atoms with E-state index in [4.69, 9.17) is 14.9 Å². The third-order valence-corrected chi connectivity index (χ3v) is 5.84. The number of thioether (sulfide) groups is 1. The molecule has 4 atom stereocenters. The van der Waals surface area contributed by atoms with E-state index < -0.39 is 21.8 Å². The van der Waals surface area contributed by atoms with E-state index in [1.165, 1.54) is 11.8 Å². The van der Waals surface area contributed by atoms with Gasteiger partial charge in [-0.3, -0.25) is 5.73 Å². The third-order valence-electron chi connectivity index (χ3n) is 4.52. The van der Waals surface area contributed by atoms with Crippen LogP contribution in [-0.4, -0.2) is 23.3 Å². The lowest BCUT2D eigenvalue weighted by molar-refractivity contribution is -0.583. The summed E-state index contributed by atoms with van der Waals surface area (Å²) in [5.74, 6) is 1.27.